The Bertz CT molecular complexity index is 804. The highest BCUT2D eigenvalue weighted by Crippen LogP contribution is 2.16. The molecule has 0 saturated carbocycles. The minimum absolute atomic E-state index is 0. The molecule has 152 valence electrons. The number of benzene rings is 2. The molecule has 0 radical (unpaired) electrons. The van der Waals surface area contributed by atoms with Gasteiger partial charge in [-0.2, -0.15) is 0 Å². The number of likely N-dealkylation sites (tertiary alicyclic amines) is 1. The number of hydrogen-bond acceptors (Lipinski definition) is 3. The van der Waals surface area contributed by atoms with Gasteiger partial charge in [0.05, 0.1) is 13.7 Å². The lowest BCUT2D eigenvalue weighted by Gasteiger charge is -2.32. The van der Waals surface area contributed by atoms with E-state index in [9.17, 15) is 4.79 Å². The lowest BCUT2D eigenvalue weighted by Crippen LogP contribution is -2.49. The van der Waals surface area contributed by atoms with Gasteiger partial charge in [-0.3, -0.25) is 0 Å². The normalized spacial score (nSPS) is 15.1. The van der Waals surface area contributed by atoms with Crippen molar-refractivity contribution in [2.24, 2.45) is 4.99 Å². The molecule has 1 aliphatic rings. The zero-order chi connectivity index (χ0) is 19.1. The summed E-state index contributed by atoms with van der Waals surface area (Å²) >= 11 is 0. The molecule has 1 heterocycles. The number of nitrogens with one attached hydrogen (secondary N) is 2. The van der Waals surface area contributed by atoms with Crippen molar-refractivity contribution in [2.45, 2.75) is 32.4 Å². The van der Waals surface area contributed by atoms with Gasteiger partial charge in [0.2, 0.25) is 0 Å². The van der Waals surface area contributed by atoms with Crippen LogP contribution in [-0.2, 0) is 11.3 Å². The van der Waals surface area contributed by atoms with Gasteiger partial charge in [-0.1, -0.05) is 36.4 Å². The average Bonchev–Trinajstić information content (AvgIpc) is 2.72. The van der Waals surface area contributed by atoms with Gasteiger partial charge in [0.25, 0.3) is 0 Å². The Kier molecular flexibility index (Phi) is 8.82. The van der Waals surface area contributed by atoms with Crippen LogP contribution in [0, 0.1) is 0 Å². The highest BCUT2D eigenvalue weighted by molar-refractivity contribution is 14.0. The number of hydrogen-bond donors (Lipinski definition) is 2. The molecule has 1 saturated heterocycles. The van der Waals surface area contributed by atoms with Crippen LogP contribution in [-0.4, -0.2) is 49.7 Å². The number of piperidine rings is 1. The van der Waals surface area contributed by atoms with E-state index in [-0.39, 0.29) is 30.1 Å². The highest BCUT2D eigenvalue weighted by Gasteiger charge is 2.23. The van der Waals surface area contributed by atoms with Crippen molar-refractivity contribution < 1.29 is 9.53 Å². The van der Waals surface area contributed by atoms with Crippen LogP contribution in [0.5, 0.6) is 0 Å². The molecule has 6 nitrogen and oxygen atoms in total. The second-order valence-electron chi connectivity index (χ2n) is 6.75. The lowest BCUT2D eigenvalue weighted by molar-refractivity contribution is 0.111. The maximum atomic E-state index is 11.6. The number of rotatable bonds is 4. The molecule has 3 rings (SSSR count). The molecule has 2 N–H and O–H groups in total. The minimum Gasteiger partial charge on any atom is -0.453 e. The van der Waals surface area contributed by atoms with Crippen LogP contribution in [0.3, 0.4) is 0 Å². The molecule has 2 aromatic rings. The van der Waals surface area contributed by atoms with Crippen molar-refractivity contribution in [1.29, 1.82) is 0 Å². The van der Waals surface area contributed by atoms with Crippen molar-refractivity contribution in [3.63, 3.8) is 0 Å². The van der Waals surface area contributed by atoms with E-state index in [1.807, 2.05) is 0 Å². The minimum atomic E-state index is -0.245. The van der Waals surface area contributed by atoms with Crippen LogP contribution in [0.25, 0.3) is 10.8 Å². The summed E-state index contributed by atoms with van der Waals surface area (Å²) in [5.41, 5.74) is 1.19. The first-order valence-corrected chi connectivity index (χ1v) is 9.55. The number of carbonyl (C=O) groups excluding carboxylic acids is 1. The van der Waals surface area contributed by atoms with Gasteiger partial charge in [0, 0.05) is 25.7 Å². The SMILES string of the molecule is CCNC(=NCc1ccc2ccccc2c1)NC1CCN(C(=O)OC)CC1.I. The van der Waals surface area contributed by atoms with Gasteiger partial charge < -0.3 is 20.3 Å². The second kappa shape index (κ2) is 11.1. The van der Waals surface area contributed by atoms with Crippen molar-refractivity contribution in [2.75, 3.05) is 26.7 Å². The third kappa shape index (κ3) is 5.98. The predicted molar refractivity (Wildman–Crippen MR) is 124 cm³/mol. The van der Waals surface area contributed by atoms with Gasteiger partial charge in [-0.05, 0) is 42.2 Å². The van der Waals surface area contributed by atoms with Crippen LogP contribution in [0.15, 0.2) is 47.5 Å². The number of halogens is 1. The van der Waals surface area contributed by atoms with E-state index in [1.165, 1.54) is 23.4 Å². The van der Waals surface area contributed by atoms with Crippen molar-refractivity contribution in [3.8, 4) is 0 Å². The molecular formula is C21H29IN4O2. The predicted octanol–water partition coefficient (Wildman–Crippen LogP) is 3.74. The molecule has 0 atom stereocenters. The smallest absolute Gasteiger partial charge is 0.409 e. The first kappa shape index (κ1) is 22.3. The summed E-state index contributed by atoms with van der Waals surface area (Å²) < 4.78 is 4.79. The lowest BCUT2D eigenvalue weighted by atomic mass is 10.1. The van der Waals surface area contributed by atoms with Crippen LogP contribution in [0.4, 0.5) is 4.79 Å². The van der Waals surface area contributed by atoms with Crippen molar-refractivity contribution in [1.82, 2.24) is 15.5 Å². The van der Waals surface area contributed by atoms with Crippen LogP contribution in [0.1, 0.15) is 25.3 Å². The first-order valence-electron chi connectivity index (χ1n) is 9.55. The summed E-state index contributed by atoms with van der Waals surface area (Å²) in [6.07, 6.45) is 1.52. The summed E-state index contributed by atoms with van der Waals surface area (Å²) in [5.74, 6) is 0.821. The molecule has 2 aromatic carbocycles. The van der Waals surface area contributed by atoms with Gasteiger partial charge in [0.1, 0.15) is 0 Å². The fourth-order valence-electron chi connectivity index (χ4n) is 3.36. The Morgan fingerprint density at radius 2 is 1.89 bits per heavy atom. The van der Waals surface area contributed by atoms with E-state index in [4.69, 9.17) is 9.73 Å². The molecule has 1 aliphatic heterocycles. The van der Waals surface area contributed by atoms with Crippen molar-refractivity contribution in [3.05, 3.63) is 48.0 Å². The number of ether oxygens (including phenoxy) is 1. The zero-order valence-electron chi connectivity index (χ0n) is 16.5. The zero-order valence-corrected chi connectivity index (χ0v) is 18.8. The van der Waals surface area contributed by atoms with Crippen molar-refractivity contribution >= 4 is 46.8 Å². The van der Waals surface area contributed by atoms with E-state index < -0.39 is 0 Å². The molecule has 0 bridgehead atoms. The highest BCUT2D eigenvalue weighted by atomic mass is 127. The Morgan fingerprint density at radius 3 is 2.57 bits per heavy atom. The van der Waals surface area contributed by atoms with E-state index >= 15 is 0 Å². The number of methoxy groups -OCH3 is 1. The van der Waals surface area contributed by atoms with E-state index in [0.717, 1.165) is 25.3 Å². The maximum absolute atomic E-state index is 11.6. The van der Waals surface area contributed by atoms with Gasteiger partial charge in [-0.15, -0.1) is 24.0 Å². The Balaban J connectivity index is 0.00000280. The number of amides is 1. The number of fused-ring (bicyclic) bond motifs is 1. The van der Waals surface area contributed by atoms with Gasteiger partial charge in [-0.25, -0.2) is 9.79 Å². The third-order valence-corrected chi connectivity index (χ3v) is 4.85. The molecule has 7 heteroatoms. The Labute approximate surface area is 183 Å². The van der Waals surface area contributed by atoms with Crippen LogP contribution < -0.4 is 10.6 Å². The topological polar surface area (TPSA) is 66.0 Å². The molecule has 28 heavy (non-hydrogen) atoms. The van der Waals surface area contributed by atoms with E-state index in [1.54, 1.807) is 4.90 Å². The summed E-state index contributed by atoms with van der Waals surface area (Å²) in [6, 6.07) is 15.1. The van der Waals surface area contributed by atoms with Gasteiger partial charge >= 0.3 is 6.09 Å². The Morgan fingerprint density at radius 1 is 1.18 bits per heavy atom. The Hall–Kier alpha value is -2.03. The second-order valence-corrected chi connectivity index (χ2v) is 6.75. The van der Waals surface area contributed by atoms with E-state index in [2.05, 4.69) is 60.0 Å². The summed E-state index contributed by atoms with van der Waals surface area (Å²) in [4.78, 5) is 18.1. The first-order chi connectivity index (χ1) is 13.2. The molecule has 0 unspecified atom stereocenters. The monoisotopic (exact) mass is 496 g/mol. The van der Waals surface area contributed by atoms with Crippen LogP contribution in [0.2, 0.25) is 0 Å². The number of aliphatic imine (C=N–C) groups is 1. The third-order valence-electron chi connectivity index (χ3n) is 4.85. The van der Waals surface area contributed by atoms with Crippen LogP contribution >= 0.6 is 24.0 Å². The molecule has 1 fully saturated rings. The number of guanidine groups is 1. The average molecular weight is 496 g/mol. The fraction of sp³-hybridized carbons (Fsp3) is 0.429. The molecular weight excluding hydrogens is 467 g/mol. The maximum Gasteiger partial charge on any atom is 0.409 e. The summed E-state index contributed by atoms with van der Waals surface area (Å²) in [5, 5.41) is 9.30. The summed E-state index contributed by atoms with van der Waals surface area (Å²) in [6.45, 7) is 4.90. The number of nitrogens with zero attached hydrogens (tertiary/aromatic N) is 2. The van der Waals surface area contributed by atoms with E-state index in [0.29, 0.717) is 25.7 Å². The molecule has 0 aliphatic carbocycles. The number of carbonyl (C=O) groups is 1. The quantitative estimate of drug-likeness (QED) is 0.385. The fourth-order valence-corrected chi connectivity index (χ4v) is 3.36. The van der Waals surface area contributed by atoms with Gasteiger partial charge in [0.15, 0.2) is 5.96 Å². The molecule has 0 aromatic heterocycles. The largest absolute Gasteiger partial charge is 0.453 e. The molecule has 1 amide bonds. The molecule has 0 spiro atoms. The summed E-state index contributed by atoms with van der Waals surface area (Å²) in [7, 11) is 1.43. The standard InChI is InChI=1S/C21H28N4O2.HI/c1-3-22-20(24-19-10-12-25(13-11-19)21(26)27-2)23-15-16-8-9-17-6-4-5-7-18(17)14-16;/h4-9,14,19H,3,10-13,15H2,1-2H3,(H2,22,23,24);1H.